The molecule has 1 aromatic carbocycles. The van der Waals surface area contributed by atoms with Crippen LogP contribution >= 0.6 is 0 Å². The van der Waals surface area contributed by atoms with Crippen molar-refractivity contribution in [1.29, 1.82) is 0 Å². The molecule has 2 aliphatic rings. The molecule has 2 aliphatic heterocycles. The van der Waals surface area contributed by atoms with Gasteiger partial charge >= 0.3 is 0 Å². The summed E-state index contributed by atoms with van der Waals surface area (Å²) < 4.78 is 27.2. The summed E-state index contributed by atoms with van der Waals surface area (Å²) in [5, 5.41) is 2.82. The van der Waals surface area contributed by atoms with Gasteiger partial charge in [0.15, 0.2) is 5.84 Å². The van der Waals surface area contributed by atoms with E-state index in [1.165, 1.54) is 0 Å². The summed E-state index contributed by atoms with van der Waals surface area (Å²) in [6.07, 6.45) is 5.03. The molecule has 25 heavy (non-hydrogen) atoms. The Morgan fingerprint density at radius 1 is 1.28 bits per heavy atom. The minimum absolute atomic E-state index is 0.0477. The normalized spacial score (nSPS) is 18.1. The molecule has 0 spiro atoms. The van der Waals surface area contributed by atoms with Gasteiger partial charge in [0.1, 0.15) is 0 Å². The number of fused-ring (bicyclic) bond motifs is 1. The maximum atomic E-state index is 12.5. The second-order valence-corrected chi connectivity index (χ2v) is 7.81. The highest BCUT2D eigenvalue weighted by atomic mass is 32.2. The van der Waals surface area contributed by atoms with E-state index < -0.39 is 10.0 Å². The molecule has 1 aromatic rings. The number of benzene rings is 1. The van der Waals surface area contributed by atoms with E-state index in [2.05, 4.69) is 9.71 Å². The molecular weight excluding hydrogens is 340 g/mol. The fourth-order valence-corrected chi connectivity index (χ4v) is 3.57. The molecule has 0 fully saturated rings. The lowest BCUT2D eigenvalue weighted by Gasteiger charge is -2.28. The Hall–Kier alpha value is -2.61. The first kappa shape index (κ1) is 17.2. The summed E-state index contributed by atoms with van der Waals surface area (Å²) in [6, 6.07) is 7.84. The first-order chi connectivity index (χ1) is 11.9. The van der Waals surface area contributed by atoms with E-state index in [0.717, 1.165) is 11.3 Å². The van der Waals surface area contributed by atoms with Gasteiger partial charge in [-0.1, -0.05) is 12.1 Å². The molecule has 132 valence electrons. The lowest BCUT2D eigenvalue weighted by atomic mass is 10.1. The molecule has 0 aliphatic carbocycles. The summed E-state index contributed by atoms with van der Waals surface area (Å²) in [4.78, 5) is 16.2. The molecular formula is C17H20N4O3S. The first-order valence-electron chi connectivity index (χ1n) is 7.88. The summed E-state index contributed by atoms with van der Waals surface area (Å²) in [5.41, 5.74) is 2.30. The van der Waals surface area contributed by atoms with Crippen LogP contribution in [0.15, 0.2) is 52.6 Å². The number of anilines is 1. The average molecular weight is 360 g/mol. The molecule has 3 rings (SSSR count). The zero-order chi connectivity index (χ0) is 18.0. The molecule has 0 atom stereocenters. The highest BCUT2D eigenvalue weighted by Gasteiger charge is 2.29. The predicted molar refractivity (Wildman–Crippen MR) is 97.8 cm³/mol. The van der Waals surface area contributed by atoms with Crippen molar-refractivity contribution < 1.29 is 13.2 Å². The molecule has 2 heterocycles. The number of nitrogens with zero attached hydrogens (tertiary/aromatic N) is 3. The SMILES string of the molecule is CN(C)c1ccc(CNC(=O)C2=CC=CN3CCS(=O)(=O)N=C23)cc1. The van der Waals surface area contributed by atoms with Gasteiger partial charge in [-0.25, -0.2) is 8.42 Å². The molecule has 0 bridgehead atoms. The predicted octanol–water partition coefficient (Wildman–Crippen LogP) is 0.866. The third kappa shape index (κ3) is 3.90. The van der Waals surface area contributed by atoms with E-state index in [1.807, 2.05) is 43.3 Å². The summed E-state index contributed by atoms with van der Waals surface area (Å²) >= 11 is 0. The fourth-order valence-electron chi connectivity index (χ4n) is 2.58. The standard InChI is InChI=1S/C17H20N4O3S/c1-20(2)14-7-5-13(6-8-14)12-18-17(22)15-4-3-9-21-10-11-25(23,24)19-16(15)21/h3-9H,10-12H2,1-2H3,(H,18,22). The second kappa shape index (κ2) is 6.72. The van der Waals surface area contributed by atoms with E-state index in [0.29, 0.717) is 13.1 Å². The molecule has 1 N–H and O–H groups in total. The smallest absolute Gasteiger partial charge is 0.256 e. The Kier molecular flexibility index (Phi) is 4.63. The van der Waals surface area contributed by atoms with Crippen molar-refractivity contribution >= 4 is 27.5 Å². The molecule has 8 heteroatoms. The van der Waals surface area contributed by atoms with Crippen molar-refractivity contribution in [3.8, 4) is 0 Å². The highest BCUT2D eigenvalue weighted by molar-refractivity contribution is 7.90. The number of hydrogen-bond donors (Lipinski definition) is 1. The number of amidine groups is 1. The quantitative estimate of drug-likeness (QED) is 0.861. The largest absolute Gasteiger partial charge is 0.378 e. The molecule has 0 radical (unpaired) electrons. The zero-order valence-corrected chi connectivity index (χ0v) is 15.0. The number of nitrogens with one attached hydrogen (secondary N) is 1. The van der Waals surface area contributed by atoms with Crippen molar-refractivity contribution in [2.45, 2.75) is 6.54 Å². The van der Waals surface area contributed by atoms with Crippen LogP contribution in [0.1, 0.15) is 5.56 Å². The van der Waals surface area contributed by atoms with Crippen molar-refractivity contribution in [2.75, 3.05) is 31.3 Å². The highest BCUT2D eigenvalue weighted by Crippen LogP contribution is 2.18. The first-order valence-corrected chi connectivity index (χ1v) is 9.49. The third-order valence-electron chi connectivity index (χ3n) is 4.01. The third-order valence-corrected chi connectivity index (χ3v) is 5.16. The Bertz CT molecular complexity index is 868. The van der Waals surface area contributed by atoms with Gasteiger partial charge in [0.05, 0.1) is 11.3 Å². The number of carbonyl (C=O) groups is 1. The minimum Gasteiger partial charge on any atom is -0.378 e. The van der Waals surface area contributed by atoms with Gasteiger partial charge in [0, 0.05) is 39.1 Å². The van der Waals surface area contributed by atoms with Gasteiger partial charge in [-0.2, -0.15) is 0 Å². The van der Waals surface area contributed by atoms with Crippen molar-refractivity contribution in [3.05, 3.63) is 53.8 Å². The average Bonchev–Trinajstić information content (AvgIpc) is 2.58. The maximum Gasteiger partial charge on any atom is 0.256 e. The van der Waals surface area contributed by atoms with Crippen LogP contribution in [0.25, 0.3) is 0 Å². The van der Waals surface area contributed by atoms with Crippen LogP contribution in [-0.2, 0) is 21.4 Å². The van der Waals surface area contributed by atoms with Crippen LogP contribution in [0, 0.1) is 0 Å². The molecule has 0 saturated heterocycles. The van der Waals surface area contributed by atoms with Crippen molar-refractivity contribution in [2.24, 2.45) is 4.40 Å². The number of amides is 1. The summed E-state index contributed by atoms with van der Waals surface area (Å²) in [6.45, 7) is 0.655. The van der Waals surface area contributed by atoms with Gasteiger partial charge in [0.25, 0.3) is 15.9 Å². The van der Waals surface area contributed by atoms with Crippen molar-refractivity contribution in [3.63, 3.8) is 0 Å². The number of hydrogen-bond acceptors (Lipinski definition) is 5. The van der Waals surface area contributed by atoms with E-state index in [1.54, 1.807) is 23.3 Å². The van der Waals surface area contributed by atoms with E-state index in [4.69, 9.17) is 0 Å². The van der Waals surface area contributed by atoms with Gasteiger partial charge in [0.2, 0.25) is 0 Å². The second-order valence-electron chi connectivity index (χ2n) is 6.06. The Morgan fingerprint density at radius 3 is 2.68 bits per heavy atom. The Morgan fingerprint density at radius 2 is 2.00 bits per heavy atom. The number of rotatable bonds is 4. The van der Waals surface area contributed by atoms with Crippen LogP contribution in [0.2, 0.25) is 0 Å². The van der Waals surface area contributed by atoms with Gasteiger partial charge < -0.3 is 15.1 Å². The molecule has 0 saturated carbocycles. The zero-order valence-electron chi connectivity index (χ0n) is 14.1. The number of allylic oxidation sites excluding steroid dienone is 2. The van der Waals surface area contributed by atoms with Crippen LogP contribution < -0.4 is 10.2 Å². The monoisotopic (exact) mass is 360 g/mol. The van der Waals surface area contributed by atoms with Gasteiger partial charge in [-0.05, 0) is 29.8 Å². The van der Waals surface area contributed by atoms with Crippen LogP contribution in [0.4, 0.5) is 5.69 Å². The van der Waals surface area contributed by atoms with Gasteiger partial charge in [-0.3, -0.25) is 4.79 Å². The molecule has 7 nitrogen and oxygen atoms in total. The van der Waals surface area contributed by atoms with Crippen LogP contribution in [0.3, 0.4) is 0 Å². The van der Waals surface area contributed by atoms with Gasteiger partial charge in [-0.15, -0.1) is 4.40 Å². The molecule has 1 amide bonds. The van der Waals surface area contributed by atoms with E-state index >= 15 is 0 Å². The van der Waals surface area contributed by atoms with E-state index in [9.17, 15) is 13.2 Å². The Labute approximate surface area is 147 Å². The molecule has 0 unspecified atom stereocenters. The maximum absolute atomic E-state index is 12.5. The fraction of sp³-hybridized carbons (Fsp3) is 0.294. The molecule has 0 aromatic heterocycles. The minimum atomic E-state index is -3.51. The van der Waals surface area contributed by atoms with E-state index in [-0.39, 0.29) is 23.1 Å². The Balaban J connectivity index is 1.71. The lowest BCUT2D eigenvalue weighted by Crippen LogP contribution is -2.42. The van der Waals surface area contributed by atoms with Crippen LogP contribution in [-0.4, -0.2) is 51.5 Å². The topological polar surface area (TPSA) is 82.1 Å². The lowest BCUT2D eigenvalue weighted by molar-refractivity contribution is -0.117. The van der Waals surface area contributed by atoms with Crippen LogP contribution in [0.5, 0.6) is 0 Å². The number of carbonyl (C=O) groups excluding carboxylic acids is 1. The van der Waals surface area contributed by atoms with Crippen molar-refractivity contribution in [1.82, 2.24) is 10.2 Å². The summed E-state index contributed by atoms with van der Waals surface area (Å²) in [7, 11) is 0.413. The number of sulfonamides is 1. The summed E-state index contributed by atoms with van der Waals surface area (Å²) in [5.74, 6) is -0.204.